The largest absolute Gasteiger partial charge is 0.481 e. The number of benzene rings is 1. The molecule has 1 heterocycles. The summed E-state index contributed by atoms with van der Waals surface area (Å²) in [6.45, 7) is 1.82. The van der Waals surface area contributed by atoms with Crippen LogP contribution in [0.25, 0.3) is 11.4 Å². The van der Waals surface area contributed by atoms with Crippen LogP contribution in [0.1, 0.15) is 12.3 Å². The number of amides is 2. The summed E-state index contributed by atoms with van der Waals surface area (Å²) in [6, 6.07) is 6.61. The molecule has 2 amide bonds. The standard InChI is InChI=1S/C14H16N4O4/c1-9-15-13(17-22-9)10-4-3-5-11(8-10)16-14(21)18(2)7-6-12(19)20/h3-5,8H,6-7H2,1-2H3,(H,16,21)(H,19,20). The number of aromatic nitrogens is 2. The summed E-state index contributed by atoms with van der Waals surface area (Å²) in [4.78, 5) is 27.9. The fourth-order valence-corrected chi connectivity index (χ4v) is 1.74. The first-order valence-electron chi connectivity index (χ1n) is 6.60. The Morgan fingerprint density at radius 3 is 2.82 bits per heavy atom. The van der Waals surface area contributed by atoms with E-state index in [9.17, 15) is 9.59 Å². The third-order valence-corrected chi connectivity index (χ3v) is 2.91. The SMILES string of the molecule is Cc1nc(-c2cccc(NC(=O)N(C)CCC(=O)O)c2)no1. The smallest absolute Gasteiger partial charge is 0.321 e. The fraction of sp³-hybridized carbons (Fsp3) is 0.286. The maximum absolute atomic E-state index is 11.9. The highest BCUT2D eigenvalue weighted by molar-refractivity contribution is 5.90. The molecule has 2 rings (SSSR count). The molecule has 1 aromatic heterocycles. The van der Waals surface area contributed by atoms with E-state index in [-0.39, 0.29) is 19.0 Å². The molecule has 0 aliphatic rings. The molecule has 0 saturated carbocycles. The van der Waals surface area contributed by atoms with Crippen molar-refractivity contribution in [1.29, 1.82) is 0 Å². The van der Waals surface area contributed by atoms with Crippen molar-refractivity contribution >= 4 is 17.7 Å². The molecule has 2 N–H and O–H groups in total. The molecular weight excluding hydrogens is 288 g/mol. The Morgan fingerprint density at radius 1 is 1.41 bits per heavy atom. The van der Waals surface area contributed by atoms with Gasteiger partial charge in [-0.15, -0.1) is 0 Å². The van der Waals surface area contributed by atoms with Gasteiger partial charge in [0, 0.05) is 31.8 Å². The van der Waals surface area contributed by atoms with Crippen LogP contribution in [-0.2, 0) is 4.79 Å². The van der Waals surface area contributed by atoms with Crippen LogP contribution in [0.2, 0.25) is 0 Å². The molecule has 22 heavy (non-hydrogen) atoms. The van der Waals surface area contributed by atoms with Crippen LogP contribution < -0.4 is 5.32 Å². The highest BCUT2D eigenvalue weighted by Crippen LogP contribution is 2.20. The number of urea groups is 1. The lowest BCUT2D eigenvalue weighted by molar-refractivity contribution is -0.137. The number of carbonyl (C=O) groups excluding carboxylic acids is 1. The summed E-state index contributed by atoms with van der Waals surface area (Å²) < 4.78 is 4.92. The Labute approximate surface area is 126 Å². The van der Waals surface area contributed by atoms with Gasteiger partial charge in [0.15, 0.2) is 0 Å². The van der Waals surface area contributed by atoms with Gasteiger partial charge < -0.3 is 19.8 Å². The third-order valence-electron chi connectivity index (χ3n) is 2.91. The molecule has 8 nitrogen and oxygen atoms in total. The van der Waals surface area contributed by atoms with Crippen molar-refractivity contribution in [3.8, 4) is 11.4 Å². The number of hydrogen-bond donors (Lipinski definition) is 2. The number of carbonyl (C=O) groups is 2. The van der Waals surface area contributed by atoms with E-state index >= 15 is 0 Å². The molecule has 0 radical (unpaired) electrons. The van der Waals surface area contributed by atoms with Crippen LogP contribution in [0.4, 0.5) is 10.5 Å². The molecule has 2 aromatic rings. The maximum Gasteiger partial charge on any atom is 0.321 e. The van der Waals surface area contributed by atoms with E-state index in [0.717, 1.165) is 0 Å². The van der Waals surface area contributed by atoms with Gasteiger partial charge in [-0.2, -0.15) is 4.98 Å². The van der Waals surface area contributed by atoms with Crippen molar-refractivity contribution in [1.82, 2.24) is 15.0 Å². The van der Waals surface area contributed by atoms with Gasteiger partial charge >= 0.3 is 12.0 Å². The average Bonchev–Trinajstić information content (AvgIpc) is 2.91. The van der Waals surface area contributed by atoms with Crippen LogP contribution in [0, 0.1) is 6.92 Å². The zero-order valence-electron chi connectivity index (χ0n) is 12.2. The Kier molecular flexibility index (Phi) is 4.72. The van der Waals surface area contributed by atoms with Gasteiger partial charge in [0.2, 0.25) is 11.7 Å². The van der Waals surface area contributed by atoms with E-state index < -0.39 is 5.97 Å². The number of carboxylic acid groups (broad SMARTS) is 1. The van der Waals surface area contributed by atoms with Gasteiger partial charge in [-0.3, -0.25) is 4.79 Å². The summed E-state index contributed by atoms with van der Waals surface area (Å²) in [7, 11) is 1.53. The van der Waals surface area contributed by atoms with Gasteiger partial charge in [0.1, 0.15) is 0 Å². The number of aryl methyl sites for hydroxylation is 1. The number of carboxylic acids is 1. The number of rotatable bonds is 5. The molecule has 0 aliphatic carbocycles. The van der Waals surface area contributed by atoms with Crippen molar-refractivity contribution in [2.45, 2.75) is 13.3 Å². The third kappa shape index (κ3) is 4.05. The second kappa shape index (κ2) is 6.70. The first kappa shape index (κ1) is 15.5. The van der Waals surface area contributed by atoms with E-state index in [1.54, 1.807) is 31.2 Å². The Balaban J connectivity index is 2.04. The van der Waals surface area contributed by atoms with Crippen LogP contribution in [0.3, 0.4) is 0 Å². The van der Waals surface area contributed by atoms with Crippen molar-refractivity contribution in [3.63, 3.8) is 0 Å². The molecule has 0 atom stereocenters. The number of anilines is 1. The van der Waals surface area contributed by atoms with Crippen molar-refractivity contribution in [2.75, 3.05) is 18.9 Å². The first-order chi connectivity index (χ1) is 10.5. The van der Waals surface area contributed by atoms with Gasteiger partial charge in [-0.1, -0.05) is 17.3 Å². The molecule has 0 unspecified atom stereocenters. The van der Waals surface area contributed by atoms with Crippen molar-refractivity contribution < 1.29 is 19.2 Å². The van der Waals surface area contributed by atoms with Gasteiger partial charge in [-0.25, -0.2) is 4.79 Å². The minimum absolute atomic E-state index is 0.105. The van der Waals surface area contributed by atoms with Crippen LogP contribution in [-0.4, -0.2) is 45.7 Å². The number of nitrogens with zero attached hydrogens (tertiary/aromatic N) is 3. The predicted molar refractivity (Wildman–Crippen MR) is 78.4 cm³/mol. The summed E-state index contributed by atoms with van der Waals surface area (Å²) in [5, 5.41) is 15.1. The van der Waals surface area contributed by atoms with E-state index in [1.807, 2.05) is 0 Å². The fourth-order valence-electron chi connectivity index (χ4n) is 1.74. The van der Waals surface area contributed by atoms with Gasteiger partial charge in [0.05, 0.1) is 6.42 Å². The molecule has 0 bridgehead atoms. The molecule has 0 aliphatic heterocycles. The van der Waals surface area contributed by atoms with Crippen molar-refractivity contribution in [2.24, 2.45) is 0 Å². The zero-order valence-corrected chi connectivity index (χ0v) is 12.2. The second-order valence-corrected chi connectivity index (χ2v) is 4.71. The zero-order chi connectivity index (χ0) is 16.1. The topological polar surface area (TPSA) is 109 Å². The summed E-state index contributed by atoms with van der Waals surface area (Å²) in [6.07, 6.45) is -0.105. The normalized spacial score (nSPS) is 10.3. The summed E-state index contributed by atoms with van der Waals surface area (Å²) in [5.74, 6) is -0.0557. The number of nitrogens with one attached hydrogen (secondary N) is 1. The predicted octanol–water partition coefficient (Wildman–Crippen LogP) is 1.98. The maximum atomic E-state index is 11.9. The molecule has 8 heteroatoms. The van der Waals surface area contributed by atoms with E-state index in [2.05, 4.69) is 15.5 Å². The summed E-state index contributed by atoms with van der Waals surface area (Å²) in [5.41, 5.74) is 1.27. The highest BCUT2D eigenvalue weighted by Gasteiger charge is 2.12. The van der Waals surface area contributed by atoms with Crippen LogP contribution in [0.5, 0.6) is 0 Å². The van der Waals surface area contributed by atoms with Crippen LogP contribution in [0.15, 0.2) is 28.8 Å². The highest BCUT2D eigenvalue weighted by atomic mass is 16.5. The van der Waals surface area contributed by atoms with E-state index in [4.69, 9.17) is 9.63 Å². The van der Waals surface area contributed by atoms with Crippen LogP contribution >= 0.6 is 0 Å². The monoisotopic (exact) mass is 304 g/mol. The number of hydrogen-bond acceptors (Lipinski definition) is 5. The molecule has 0 fully saturated rings. The lowest BCUT2D eigenvalue weighted by Crippen LogP contribution is -2.33. The first-order valence-corrected chi connectivity index (χ1v) is 6.60. The molecule has 116 valence electrons. The summed E-state index contributed by atoms with van der Waals surface area (Å²) >= 11 is 0. The molecule has 1 aromatic carbocycles. The molecule has 0 saturated heterocycles. The van der Waals surface area contributed by atoms with Crippen molar-refractivity contribution in [3.05, 3.63) is 30.2 Å². The van der Waals surface area contributed by atoms with E-state index in [1.165, 1.54) is 11.9 Å². The van der Waals surface area contributed by atoms with Gasteiger partial charge in [-0.05, 0) is 12.1 Å². The second-order valence-electron chi connectivity index (χ2n) is 4.71. The minimum Gasteiger partial charge on any atom is -0.481 e. The number of aliphatic carboxylic acids is 1. The van der Waals surface area contributed by atoms with E-state index in [0.29, 0.717) is 23.0 Å². The Morgan fingerprint density at radius 2 is 2.18 bits per heavy atom. The lowest BCUT2D eigenvalue weighted by Gasteiger charge is -2.17. The molecule has 0 spiro atoms. The Bertz CT molecular complexity index is 683. The Hall–Kier alpha value is -2.90. The average molecular weight is 304 g/mol. The quantitative estimate of drug-likeness (QED) is 0.874. The molecular formula is C14H16N4O4. The van der Waals surface area contributed by atoms with Gasteiger partial charge in [0.25, 0.3) is 0 Å². The lowest BCUT2D eigenvalue weighted by atomic mass is 10.2. The minimum atomic E-state index is -0.950.